The maximum Gasteiger partial charge on any atom is 0.164 e. The van der Waals surface area contributed by atoms with E-state index in [1.165, 1.54) is 14.8 Å². The number of rotatable bonds is 4. The van der Waals surface area contributed by atoms with Gasteiger partial charge in [0.1, 0.15) is 22.3 Å². The Balaban J connectivity index is 1.05. The van der Waals surface area contributed by atoms with Gasteiger partial charge in [0.25, 0.3) is 0 Å². The topological polar surface area (TPSA) is 65.0 Å². The quantitative estimate of drug-likeness (QED) is 0.186. The van der Waals surface area contributed by atoms with Crippen LogP contribution in [-0.2, 0) is 0 Å². The van der Waals surface area contributed by atoms with Crippen molar-refractivity contribution in [2.45, 2.75) is 0 Å². The molecule has 6 heteroatoms. The summed E-state index contributed by atoms with van der Waals surface area (Å²) in [6.07, 6.45) is 0. The van der Waals surface area contributed by atoms with E-state index in [-0.39, 0.29) is 0 Å². The second kappa shape index (κ2) is 10.9. The molecule has 0 saturated carbocycles. The van der Waals surface area contributed by atoms with E-state index in [0.717, 1.165) is 77.1 Å². The van der Waals surface area contributed by atoms with Crippen molar-refractivity contribution in [2.75, 3.05) is 0 Å². The standard InChI is InChI=1S/C45H25N3O2S/c1-2-9-26(10-3-1)43-46-44(48-45(47-43)33-13-8-16-41-42(33)32-12-5-7-15-40(32)51-41)29-17-20-31-35-24-28(19-22-38(35)50-39(31)25-29)27-18-21-37-34(23-27)30-11-4-6-14-36(30)49-37/h1-25H. The highest BCUT2D eigenvalue weighted by atomic mass is 32.1. The first-order chi connectivity index (χ1) is 25.2. The highest BCUT2D eigenvalue weighted by Crippen LogP contribution is 2.41. The number of aromatic nitrogens is 3. The van der Waals surface area contributed by atoms with Crippen molar-refractivity contribution in [1.29, 1.82) is 0 Å². The third-order valence-corrected chi connectivity index (χ3v) is 10.9. The highest BCUT2D eigenvalue weighted by molar-refractivity contribution is 7.25. The summed E-state index contributed by atoms with van der Waals surface area (Å²) in [7, 11) is 0. The molecule has 51 heavy (non-hydrogen) atoms. The summed E-state index contributed by atoms with van der Waals surface area (Å²) in [5.41, 5.74) is 8.43. The molecule has 0 atom stereocenters. The van der Waals surface area contributed by atoms with Gasteiger partial charge >= 0.3 is 0 Å². The van der Waals surface area contributed by atoms with Gasteiger partial charge in [0.15, 0.2) is 17.5 Å². The molecule has 0 fully saturated rings. The maximum absolute atomic E-state index is 6.46. The molecule has 0 N–H and O–H groups in total. The number of nitrogens with zero attached hydrogens (tertiary/aromatic N) is 3. The molecule has 7 aromatic carbocycles. The Kier molecular flexibility index (Phi) is 6.05. The number of para-hydroxylation sites is 1. The summed E-state index contributed by atoms with van der Waals surface area (Å²) in [5.74, 6) is 1.87. The lowest BCUT2D eigenvalue weighted by Gasteiger charge is -2.09. The van der Waals surface area contributed by atoms with Gasteiger partial charge in [0, 0.05) is 58.4 Å². The molecule has 0 amide bonds. The molecule has 0 saturated heterocycles. The zero-order chi connectivity index (χ0) is 33.5. The van der Waals surface area contributed by atoms with Crippen LogP contribution in [0.5, 0.6) is 0 Å². The summed E-state index contributed by atoms with van der Waals surface area (Å²) >= 11 is 1.79. The zero-order valence-electron chi connectivity index (χ0n) is 27.0. The van der Waals surface area contributed by atoms with Crippen LogP contribution in [-0.4, -0.2) is 15.0 Å². The van der Waals surface area contributed by atoms with Crippen LogP contribution >= 0.6 is 11.3 Å². The van der Waals surface area contributed by atoms with Crippen molar-refractivity contribution >= 4 is 75.4 Å². The molecule has 5 nitrogen and oxygen atoms in total. The molecule has 4 heterocycles. The average Bonchev–Trinajstić information content (AvgIpc) is 3.88. The molecule has 0 aliphatic heterocycles. The summed E-state index contributed by atoms with van der Waals surface area (Å²) < 4.78 is 15.0. The molecule has 0 spiro atoms. The van der Waals surface area contributed by atoms with Crippen LogP contribution < -0.4 is 0 Å². The Bertz CT molecular complexity index is 3160. The van der Waals surface area contributed by atoms with Crippen LogP contribution in [0, 0.1) is 0 Å². The van der Waals surface area contributed by atoms with Crippen LogP contribution in [0.4, 0.5) is 0 Å². The van der Waals surface area contributed by atoms with Crippen LogP contribution in [0.2, 0.25) is 0 Å². The maximum atomic E-state index is 6.46. The van der Waals surface area contributed by atoms with Crippen molar-refractivity contribution in [1.82, 2.24) is 15.0 Å². The lowest BCUT2D eigenvalue weighted by Crippen LogP contribution is -2.00. The molecule has 0 aliphatic rings. The normalized spacial score (nSPS) is 11.9. The van der Waals surface area contributed by atoms with Crippen molar-refractivity contribution in [3.63, 3.8) is 0 Å². The monoisotopic (exact) mass is 671 g/mol. The Hall–Kier alpha value is -6.63. The van der Waals surface area contributed by atoms with Crippen molar-refractivity contribution in [2.24, 2.45) is 0 Å². The minimum absolute atomic E-state index is 0.596. The Labute approximate surface area is 295 Å². The van der Waals surface area contributed by atoms with Gasteiger partial charge in [-0.2, -0.15) is 0 Å². The fourth-order valence-electron chi connectivity index (χ4n) is 7.30. The molecule has 0 bridgehead atoms. The van der Waals surface area contributed by atoms with Crippen molar-refractivity contribution in [3.05, 3.63) is 152 Å². The van der Waals surface area contributed by atoms with Crippen LogP contribution in [0.1, 0.15) is 0 Å². The van der Waals surface area contributed by atoms with Crippen LogP contribution in [0.15, 0.2) is 160 Å². The molecule has 0 unspecified atom stereocenters. The van der Waals surface area contributed by atoms with E-state index in [1.54, 1.807) is 11.3 Å². The lowest BCUT2D eigenvalue weighted by atomic mass is 10.0. The van der Waals surface area contributed by atoms with Gasteiger partial charge in [0.2, 0.25) is 0 Å². The van der Waals surface area contributed by atoms with E-state index < -0.39 is 0 Å². The summed E-state index contributed by atoms with van der Waals surface area (Å²) in [4.78, 5) is 15.2. The first-order valence-electron chi connectivity index (χ1n) is 16.8. The second-order valence-corrected chi connectivity index (χ2v) is 13.9. The fraction of sp³-hybridized carbons (Fsp3) is 0. The highest BCUT2D eigenvalue weighted by Gasteiger charge is 2.18. The predicted molar refractivity (Wildman–Crippen MR) is 209 cm³/mol. The second-order valence-electron chi connectivity index (χ2n) is 12.8. The molecule has 11 aromatic rings. The molecule has 238 valence electrons. The third kappa shape index (κ3) is 4.50. The first-order valence-corrected chi connectivity index (χ1v) is 17.7. The average molecular weight is 672 g/mol. The Morgan fingerprint density at radius 1 is 0.353 bits per heavy atom. The lowest BCUT2D eigenvalue weighted by molar-refractivity contribution is 0.668. The molecule has 0 radical (unpaired) electrons. The van der Waals surface area contributed by atoms with Gasteiger partial charge in [-0.15, -0.1) is 11.3 Å². The molecule has 0 aliphatic carbocycles. The first kappa shape index (κ1) is 28.2. The number of hydrogen-bond acceptors (Lipinski definition) is 6. The molecule has 11 rings (SSSR count). The van der Waals surface area contributed by atoms with E-state index in [2.05, 4.69) is 97.1 Å². The van der Waals surface area contributed by atoms with Gasteiger partial charge in [-0.3, -0.25) is 0 Å². The number of hydrogen-bond donors (Lipinski definition) is 0. The number of benzene rings is 7. The summed E-state index contributed by atoms with van der Waals surface area (Å²) in [5, 5.41) is 6.70. The van der Waals surface area contributed by atoms with Gasteiger partial charge in [0.05, 0.1) is 0 Å². The van der Waals surface area contributed by atoms with Crippen molar-refractivity contribution < 1.29 is 8.83 Å². The van der Waals surface area contributed by atoms with Crippen LogP contribution in [0.25, 0.3) is 109 Å². The summed E-state index contributed by atoms with van der Waals surface area (Å²) in [6, 6.07) is 52.2. The van der Waals surface area contributed by atoms with Gasteiger partial charge in [-0.25, -0.2) is 15.0 Å². The summed E-state index contributed by atoms with van der Waals surface area (Å²) in [6.45, 7) is 0. The molecule has 4 aromatic heterocycles. The Morgan fingerprint density at radius 3 is 1.75 bits per heavy atom. The van der Waals surface area contributed by atoms with E-state index in [1.807, 2.05) is 54.6 Å². The van der Waals surface area contributed by atoms with Gasteiger partial charge in [-0.1, -0.05) is 97.1 Å². The number of thiophene rings is 1. The number of fused-ring (bicyclic) bond motifs is 9. The smallest absolute Gasteiger partial charge is 0.164 e. The largest absolute Gasteiger partial charge is 0.456 e. The van der Waals surface area contributed by atoms with E-state index in [9.17, 15) is 0 Å². The SMILES string of the molecule is c1ccc(-c2nc(-c3ccc4c(c3)oc3ccc(-c5ccc6oc7ccccc7c6c5)cc34)nc(-c3cccc4sc5ccccc5c34)n2)cc1. The van der Waals surface area contributed by atoms with E-state index in [0.29, 0.717) is 17.5 Å². The third-order valence-electron chi connectivity index (χ3n) is 9.75. The van der Waals surface area contributed by atoms with Gasteiger partial charge < -0.3 is 8.83 Å². The van der Waals surface area contributed by atoms with Crippen LogP contribution in [0.3, 0.4) is 0 Å². The number of furan rings is 2. The fourth-order valence-corrected chi connectivity index (χ4v) is 8.44. The van der Waals surface area contributed by atoms with Gasteiger partial charge in [-0.05, 0) is 65.7 Å². The molecular weight excluding hydrogens is 647 g/mol. The molecular formula is C45H25N3O2S. The van der Waals surface area contributed by atoms with E-state index in [4.69, 9.17) is 23.8 Å². The predicted octanol–water partition coefficient (Wildman–Crippen LogP) is 12.7. The van der Waals surface area contributed by atoms with Crippen molar-refractivity contribution in [3.8, 4) is 45.3 Å². The Morgan fingerprint density at radius 2 is 0.941 bits per heavy atom. The zero-order valence-corrected chi connectivity index (χ0v) is 27.8. The minimum atomic E-state index is 0.596. The minimum Gasteiger partial charge on any atom is -0.456 e. The van der Waals surface area contributed by atoms with E-state index >= 15 is 0 Å².